The Kier molecular flexibility index (Phi) is 4.73. The Labute approximate surface area is 112 Å². The van der Waals surface area contributed by atoms with Gasteiger partial charge < -0.3 is 10.1 Å². The molecule has 2 aromatic rings. The highest BCUT2D eigenvalue weighted by Gasteiger charge is 2.05. The number of rotatable bonds is 6. The molecule has 0 fully saturated rings. The normalized spacial score (nSPS) is 12.3. The summed E-state index contributed by atoms with van der Waals surface area (Å²) in [6, 6.07) is 8.54. The summed E-state index contributed by atoms with van der Waals surface area (Å²) in [4.78, 5) is 4.26. The molecule has 2 rings (SSSR count). The molecule has 1 aromatic carbocycles. The first-order valence-corrected chi connectivity index (χ1v) is 7.02. The molecule has 3 nitrogen and oxygen atoms in total. The molecule has 1 N–H and O–H groups in total. The van der Waals surface area contributed by atoms with Crippen LogP contribution < -0.4 is 10.1 Å². The lowest BCUT2D eigenvalue weighted by Crippen LogP contribution is -2.17. The Morgan fingerprint density at radius 3 is 2.72 bits per heavy atom. The van der Waals surface area contributed by atoms with Crippen molar-refractivity contribution in [3.8, 4) is 5.75 Å². The fraction of sp³-hybridized carbons (Fsp3) is 0.357. The summed E-state index contributed by atoms with van der Waals surface area (Å²) in [6.07, 6.45) is 1.84. The zero-order chi connectivity index (χ0) is 12.8. The van der Waals surface area contributed by atoms with Crippen molar-refractivity contribution >= 4 is 11.3 Å². The molecule has 0 aliphatic rings. The highest BCUT2D eigenvalue weighted by atomic mass is 32.1. The largest absolute Gasteiger partial charge is 0.494 e. The van der Waals surface area contributed by atoms with Gasteiger partial charge in [0.25, 0.3) is 0 Å². The molecule has 1 heterocycles. The molecular weight excluding hydrogens is 244 g/mol. The molecule has 96 valence electrons. The number of ether oxygens (including phenoxy) is 1. The van der Waals surface area contributed by atoms with Crippen LogP contribution in [-0.4, -0.2) is 11.6 Å². The van der Waals surface area contributed by atoms with Gasteiger partial charge in [0, 0.05) is 24.2 Å². The zero-order valence-electron chi connectivity index (χ0n) is 10.7. The summed E-state index contributed by atoms with van der Waals surface area (Å²) in [5.41, 5.74) is 1.26. The van der Waals surface area contributed by atoms with Crippen LogP contribution in [0.3, 0.4) is 0 Å². The van der Waals surface area contributed by atoms with Crippen molar-refractivity contribution in [2.24, 2.45) is 0 Å². The summed E-state index contributed by atoms with van der Waals surface area (Å²) in [5, 5.41) is 6.58. The second-order valence-electron chi connectivity index (χ2n) is 4.03. The highest BCUT2D eigenvalue weighted by molar-refractivity contribution is 7.09. The second kappa shape index (κ2) is 6.52. The van der Waals surface area contributed by atoms with Crippen LogP contribution in [0.4, 0.5) is 0 Å². The van der Waals surface area contributed by atoms with Gasteiger partial charge in [-0.05, 0) is 31.5 Å². The van der Waals surface area contributed by atoms with E-state index in [1.807, 2.05) is 30.6 Å². The first-order chi connectivity index (χ1) is 8.79. The van der Waals surface area contributed by atoms with Crippen molar-refractivity contribution < 1.29 is 4.74 Å². The Hall–Kier alpha value is -1.39. The van der Waals surface area contributed by atoms with Gasteiger partial charge in [-0.3, -0.25) is 0 Å². The van der Waals surface area contributed by atoms with Gasteiger partial charge in [0.05, 0.1) is 6.61 Å². The fourth-order valence-corrected chi connectivity index (χ4v) is 2.29. The average Bonchev–Trinajstić information content (AvgIpc) is 2.90. The molecule has 18 heavy (non-hydrogen) atoms. The molecule has 4 heteroatoms. The van der Waals surface area contributed by atoms with E-state index < -0.39 is 0 Å². The summed E-state index contributed by atoms with van der Waals surface area (Å²) in [6.45, 7) is 5.67. The van der Waals surface area contributed by atoms with E-state index in [-0.39, 0.29) is 0 Å². The molecule has 0 amide bonds. The second-order valence-corrected chi connectivity index (χ2v) is 5.01. The highest BCUT2D eigenvalue weighted by Crippen LogP contribution is 2.18. The Morgan fingerprint density at radius 1 is 1.33 bits per heavy atom. The maximum absolute atomic E-state index is 5.43. The summed E-state index contributed by atoms with van der Waals surface area (Å²) < 4.78 is 5.43. The van der Waals surface area contributed by atoms with E-state index in [1.54, 1.807) is 11.3 Å². The van der Waals surface area contributed by atoms with Crippen LogP contribution in [0.1, 0.15) is 30.5 Å². The van der Waals surface area contributed by atoms with E-state index in [2.05, 4.69) is 29.4 Å². The van der Waals surface area contributed by atoms with Gasteiger partial charge in [0.2, 0.25) is 0 Å². The van der Waals surface area contributed by atoms with Crippen molar-refractivity contribution in [1.82, 2.24) is 10.3 Å². The Bertz CT molecular complexity index is 453. The average molecular weight is 262 g/mol. The van der Waals surface area contributed by atoms with Crippen molar-refractivity contribution in [3.63, 3.8) is 0 Å². The van der Waals surface area contributed by atoms with E-state index in [4.69, 9.17) is 4.74 Å². The maximum atomic E-state index is 5.43. The first-order valence-electron chi connectivity index (χ1n) is 6.14. The number of benzene rings is 1. The fourth-order valence-electron chi connectivity index (χ4n) is 1.72. The predicted octanol–water partition coefficient (Wildman–Crippen LogP) is 3.39. The number of hydrogen-bond donors (Lipinski definition) is 1. The van der Waals surface area contributed by atoms with Gasteiger partial charge in [0.1, 0.15) is 10.8 Å². The Balaban J connectivity index is 1.89. The number of thiazole rings is 1. The minimum Gasteiger partial charge on any atom is -0.494 e. The zero-order valence-corrected chi connectivity index (χ0v) is 11.5. The van der Waals surface area contributed by atoms with Crippen LogP contribution in [0.2, 0.25) is 0 Å². The third-order valence-electron chi connectivity index (χ3n) is 2.73. The van der Waals surface area contributed by atoms with Crippen LogP contribution in [0.15, 0.2) is 35.8 Å². The van der Waals surface area contributed by atoms with Gasteiger partial charge in [-0.25, -0.2) is 4.98 Å². The van der Waals surface area contributed by atoms with E-state index >= 15 is 0 Å². The summed E-state index contributed by atoms with van der Waals surface area (Å²) in [5.74, 6) is 0.924. The third-order valence-corrected chi connectivity index (χ3v) is 3.51. The SMILES string of the molecule is CCOc1ccc(C(C)NCc2nccs2)cc1. The standard InChI is InChI=1S/C14H18N2OS/c1-3-17-13-6-4-12(5-7-13)11(2)16-10-14-15-8-9-18-14/h4-9,11,16H,3,10H2,1-2H3. The van der Waals surface area contributed by atoms with Crippen LogP contribution in [0.25, 0.3) is 0 Å². The monoisotopic (exact) mass is 262 g/mol. The van der Waals surface area contributed by atoms with Gasteiger partial charge in [0.15, 0.2) is 0 Å². The quantitative estimate of drug-likeness (QED) is 0.866. The van der Waals surface area contributed by atoms with Gasteiger partial charge >= 0.3 is 0 Å². The molecule has 0 spiro atoms. The van der Waals surface area contributed by atoms with Crippen molar-refractivity contribution in [2.45, 2.75) is 26.4 Å². The molecule has 0 bridgehead atoms. The Morgan fingerprint density at radius 2 is 2.11 bits per heavy atom. The van der Waals surface area contributed by atoms with Crippen LogP contribution in [0.5, 0.6) is 5.75 Å². The van der Waals surface area contributed by atoms with Crippen LogP contribution in [-0.2, 0) is 6.54 Å². The van der Waals surface area contributed by atoms with Crippen LogP contribution >= 0.6 is 11.3 Å². The lowest BCUT2D eigenvalue weighted by atomic mass is 10.1. The molecule has 0 saturated heterocycles. The molecule has 1 atom stereocenters. The van der Waals surface area contributed by atoms with Gasteiger partial charge in [-0.1, -0.05) is 12.1 Å². The molecule has 0 radical (unpaired) electrons. The summed E-state index contributed by atoms with van der Waals surface area (Å²) in [7, 11) is 0. The topological polar surface area (TPSA) is 34.1 Å². The number of hydrogen-bond acceptors (Lipinski definition) is 4. The number of aromatic nitrogens is 1. The lowest BCUT2D eigenvalue weighted by molar-refractivity contribution is 0.340. The molecule has 0 aliphatic heterocycles. The van der Waals surface area contributed by atoms with E-state index in [1.165, 1.54) is 5.56 Å². The van der Waals surface area contributed by atoms with Crippen molar-refractivity contribution in [2.75, 3.05) is 6.61 Å². The van der Waals surface area contributed by atoms with E-state index in [0.29, 0.717) is 12.6 Å². The smallest absolute Gasteiger partial charge is 0.119 e. The van der Waals surface area contributed by atoms with Gasteiger partial charge in [-0.15, -0.1) is 11.3 Å². The maximum Gasteiger partial charge on any atom is 0.119 e. The molecule has 0 aliphatic carbocycles. The third kappa shape index (κ3) is 3.55. The molecule has 1 unspecified atom stereocenters. The number of nitrogens with one attached hydrogen (secondary N) is 1. The minimum atomic E-state index is 0.310. The van der Waals surface area contributed by atoms with E-state index in [0.717, 1.165) is 17.3 Å². The summed E-state index contributed by atoms with van der Waals surface area (Å²) >= 11 is 1.68. The van der Waals surface area contributed by atoms with Crippen molar-refractivity contribution in [3.05, 3.63) is 46.4 Å². The lowest BCUT2D eigenvalue weighted by Gasteiger charge is -2.13. The van der Waals surface area contributed by atoms with E-state index in [9.17, 15) is 0 Å². The molecular formula is C14H18N2OS. The number of nitrogens with zero attached hydrogens (tertiary/aromatic N) is 1. The first kappa shape index (κ1) is 13.1. The van der Waals surface area contributed by atoms with Gasteiger partial charge in [-0.2, -0.15) is 0 Å². The van der Waals surface area contributed by atoms with Crippen LogP contribution in [0, 0.1) is 0 Å². The van der Waals surface area contributed by atoms with Crippen molar-refractivity contribution in [1.29, 1.82) is 0 Å². The predicted molar refractivity (Wildman–Crippen MR) is 75.0 cm³/mol. The molecule has 1 aromatic heterocycles. The minimum absolute atomic E-state index is 0.310. The molecule has 0 saturated carbocycles.